The maximum absolute atomic E-state index is 12.0. The number of carbonyl (C=O) groups is 1. The fourth-order valence-electron chi connectivity index (χ4n) is 1.77. The predicted octanol–water partition coefficient (Wildman–Crippen LogP) is 3.57. The molecule has 0 bridgehead atoms. The Morgan fingerprint density at radius 3 is 2.71 bits per heavy atom. The molecule has 0 unspecified atom stereocenters. The Morgan fingerprint density at radius 2 is 2.00 bits per heavy atom. The summed E-state index contributed by atoms with van der Waals surface area (Å²) in [6.07, 6.45) is 1.92. The van der Waals surface area contributed by atoms with E-state index in [4.69, 9.17) is 28.3 Å². The second kappa shape index (κ2) is 7.26. The van der Waals surface area contributed by atoms with Crippen LogP contribution in [0.25, 0.3) is 0 Å². The van der Waals surface area contributed by atoms with Crippen LogP contribution in [-0.2, 0) is 6.42 Å². The summed E-state index contributed by atoms with van der Waals surface area (Å²) in [5.74, 6) is 0. The topological polar surface area (TPSA) is 74.2 Å². The lowest BCUT2D eigenvalue weighted by Crippen LogP contribution is -2.20. The first-order valence-electron chi connectivity index (χ1n) is 6.17. The second-order valence-corrected chi connectivity index (χ2v) is 5.05. The molecule has 0 saturated carbocycles. The van der Waals surface area contributed by atoms with Crippen molar-refractivity contribution < 1.29 is 9.90 Å². The summed E-state index contributed by atoms with van der Waals surface area (Å²) in [7, 11) is 0. The molecule has 1 aromatic carbocycles. The number of nitrogens with zero attached hydrogens (tertiary/aromatic N) is 1. The number of amides is 2. The number of rotatable bonds is 4. The van der Waals surface area contributed by atoms with Gasteiger partial charge in [-0.05, 0) is 36.2 Å². The zero-order chi connectivity index (χ0) is 15.2. The number of pyridine rings is 1. The van der Waals surface area contributed by atoms with E-state index in [2.05, 4.69) is 15.6 Å². The van der Waals surface area contributed by atoms with E-state index in [-0.39, 0.29) is 11.8 Å². The minimum absolute atomic E-state index is 0.0160. The molecule has 3 N–H and O–H groups in total. The fraction of sp³-hybridized carbons (Fsp3) is 0.143. The molecule has 0 aliphatic rings. The maximum atomic E-state index is 12.0. The van der Waals surface area contributed by atoms with E-state index in [1.807, 2.05) is 0 Å². The van der Waals surface area contributed by atoms with Gasteiger partial charge in [0.25, 0.3) is 0 Å². The van der Waals surface area contributed by atoms with Crippen molar-refractivity contribution in [3.63, 3.8) is 0 Å². The van der Waals surface area contributed by atoms with Crippen molar-refractivity contribution in [1.29, 1.82) is 0 Å². The van der Waals surface area contributed by atoms with Crippen LogP contribution in [-0.4, -0.2) is 22.7 Å². The number of carbonyl (C=O) groups excluding carboxylic acids is 1. The third kappa shape index (κ3) is 4.60. The van der Waals surface area contributed by atoms with Crippen molar-refractivity contribution in [2.75, 3.05) is 17.2 Å². The van der Waals surface area contributed by atoms with E-state index in [0.717, 1.165) is 5.56 Å². The molecule has 0 aliphatic heterocycles. The van der Waals surface area contributed by atoms with Crippen LogP contribution in [0, 0.1) is 0 Å². The molecule has 21 heavy (non-hydrogen) atoms. The van der Waals surface area contributed by atoms with Crippen LogP contribution in [0.5, 0.6) is 0 Å². The van der Waals surface area contributed by atoms with Gasteiger partial charge in [-0.25, -0.2) is 9.78 Å². The van der Waals surface area contributed by atoms with Gasteiger partial charge in [0.05, 0.1) is 0 Å². The van der Waals surface area contributed by atoms with Crippen LogP contribution in [0.15, 0.2) is 36.5 Å². The van der Waals surface area contributed by atoms with E-state index < -0.39 is 6.03 Å². The first kappa shape index (κ1) is 15.6. The van der Waals surface area contributed by atoms with E-state index >= 15 is 0 Å². The smallest absolute Gasteiger partial charge is 0.323 e. The quantitative estimate of drug-likeness (QED) is 0.752. The van der Waals surface area contributed by atoms with Gasteiger partial charge in [-0.1, -0.05) is 29.3 Å². The molecule has 2 rings (SSSR count). The Kier molecular flexibility index (Phi) is 5.38. The number of aromatic nitrogens is 1. The normalized spacial score (nSPS) is 10.2. The molecule has 0 aliphatic carbocycles. The standard InChI is InChI=1S/C14H13Cl2N3O2/c15-10-2-1-9(4-6-20)12(7-10)19-14(21)18-11-3-5-17-13(16)8-11/h1-3,5,7-8,20H,4,6H2,(H2,17,18,19,21). The Hall–Kier alpha value is -1.82. The van der Waals surface area contributed by atoms with Crippen molar-refractivity contribution >= 4 is 40.6 Å². The van der Waals surface area contributed by atoms with Gasteiger partial charge in [0, 0.05) is 29.2 Å². The maximum Gasteiger partial charge on any atom is 0.323 e. The summed E-state index contributed by atoms with van der Waals surface area (Å²) >= 11 is 11.7. The number of anilines is 2. The van der Waals surface area contributed by atoms with Crippen LogP contribution in [0.2, 0.25) is 10.2 Å². The van der Waals surface area contributed by atoms with Crippen molar-refractivity contribution in [2.24, 2.45) is 0 Å². The summed E-state index contributed by atoms with van der Waals surface area (Å²) in [6.45, 7) is -0.0160. The number of halogens is 2. The van der Waals surface area contributed by atoms with Crippen LogP contribution in [0.3, 0.4) is 0 Å². The summed E-state index contributed by atoms with van der Waals surface area (Å²) < 4.78 is 0. The summed E-state index contributed by atoms with van der Waals surface area (Å²) in [4.78, 5) is 15.8. The molecule has 0 fully saturated rings. The number of aliphatic hydroxyl groups is 1. The van der Waals surface area contributed by atoms with E-state index in [1.54, 1.807) is 24.3 Å². The fourth-order valence-corrected chi connectivity index (χ4v) is 2.11. The second-order valence-electron chi connectivity index (χ2n) is 4.22. The van der Waals surface area contributed by atoms with Gasteiger partial charge in [0.1, 0.15) is 5.15 Å². The number of benzene rings is 1. The lowest BCUT2D eigenvalue weighted by Gasteiger charge is -2.12. The van der Waals surface area contributed by atoms with E-state index in [1.165, 1.54) is 12.3 Å². The molecule has 0 atom stereocenters. The first-order chi connectivity index (χ1) is 10.1. The van der Waals surface area contributed by atoms with Gasteiger partial charge < -0.3 is 15.7 Å². The zero-order valence-corrected chi connectivity index (χ0v) is 12.4. The molecule has 1 heterocycles. The van der Waals surface area contributed by atoms with Crippen molar-refractivity contribution in [3.8, 4) is 0 Å². The Morgan fingerprint density at radius 1 is 1.19 bits per heavy atom. The van der Waals surface area contributed by atoms with Gasteiger partial charge in [0.15, 0.2) is 0 Å². The Labute approximate surface area is 131 Å². The highest BCUT2D eigenvalue weighted by Crippen LogP contribution is 2.22. The van der Waals surface area contributed by atoms with Gasteiger partial charge in [-0.2, -0.15) is 0 Å². The van der Waals surface area contributed by atoms with E-state index in [0.29, 0.717) is 22.8 Å². The molecule has 1 aromatic heterocycles. The van der Waals surface area contributed by atoms with Crippen molar-refractivity contribution in [2.45, 2.75) is 6.42 Å². The van der Waals surface area contributed by atoms with Gasteiger partial charge in [0.2, 0.25) is 0 Å². The molecule has 0 radical (unpaired) electrons. The average molecular weight is 326 g/mol. The SMILES string of the molecule is O=C(Nc1ccnc(Cl)c1)Nc1cc(Cl)ccc1CCO. The summed E-state index contributed by atoms with van der Waals surface area (Å²) in [6, 6.07) is 7.83. The number of nitrogens with one attached hydrogen (secondary N) is 2. The lowest BCUT2D eigenvalue weighted by atomic mass is 10.1. The molecule has 7 heteroatoms. The van der Waals surface area contributed by atoms with Crippen LogP contribution < -0.4 is 10.6 Å². The molecule has 110 valence electrons. The summed E-state index contributed by atoms with van der Waals surface area (Å²) in [5, 5.41) is 15.2. The number of hydrogen-bond acceptors (Lipinski definition) is 3. The van der Waals surface area contributed by atoms with Gasteiger partial charge >= 0.3 is 6.03 Å². The van der Waals surface area contributed by atoms with E-state index in [9.17, 15) is 4.79 Å². The minimum Gasteiger partial charge on any atom is -0.396 e. The van der Waals surface area contributed by atoms with Crippen LogP contribution >= 0.6 is 23.2 Å². The molecular formula is C14H13Cl2N3O2. The monoisotopic (exact) mass is 325 g/mol. The Balaban J connectivity index is 2.10. The number of urea groups is 1. The van der Waals surface area contributed by atoms with Crippen molar-refractivity contribution in [3.05, 3.63) is 52.3 Å². The third-order valence-corrected chi connectivity index (χ3v) is 3.13. The van der Waals surface area contributed by atoms with Gasteiger partial charge in [-0.3, -0.25) is 0 Å². The molecule has 2 amide bonds. The highest BCUT2D eigenvalue weighted by atomic mass is 35.5. The van der Waals surface area contributed by atoms with Gasteiger partial charge in [-0.15, -0.1) is 0 Å². The molecule has 0 spiro atoms. The number of aliphatic hydroxyl groups excluding tert-OH is 1. The third-order valence-electron chi connectivity index (χ3n) is 2.69. The van der Waals surface area contributed by atoms with Crippen LogP contribution in [0.1, 0.15) is 5.56 Å². The highest BCUT2D eigenvalue weighted by Gasteiger charge is 2.08. The number of hydrogen-bond donors (Lipinski definition) is 3. The first-order valence-corrected chi connectivity index (χ1v) is 6.93. The molecule has 5 nitrogen and oxygen atoms in total. The largest absolute Gasteiger partial charge is 0.396 e. The Bertz CT molecular complexity index is 650. The lowest BCUT2D eigenvalue weighted by molar-refractivity contribution is 0.262. The minimum atomic E-state index is -0.432. The van der Waals surface area contributed by atoms with Crippen LogP contribution in [0.4, 0.5) is 16.2 Å². The van der Waals surface area contributed by atoms with Crippen molar-refractivity contribution in [1.82, 2.24) is 4.98 Å². The highest BCUT2D eigenvalue weighted by molar-refractivity contribution is 6.31. The average Bonchev–Trinajstić information content (AvgIpc) is 2.42. The molecular weight excluding hydrogens is 313 g/mol. The predicted molar refractivity (Wildman–Crippen MR) is 84.1 cm³/mol. The zero-order valence-electron chi connectivity index (χ0n) is 10.9. The summed E-state index contributed by atoms with van der Waals surface area (Å²) in [5.41, 5.74) is 1.87. The molecule has 2 aromatic rings. The molecule has 0 saturated heterocycles.